The molecular formula is C38H39Cl2N9O6. The maximum Gasteiger partial charge on any atom is 0.306 e. The van der Waals surface area contributed by atoms with Crippen LogP contribution in [0.15, 0.2) is 60.8 Å². The Morgan fingerprint density at radius 3 is 2.69 bits per heavy atom. The molecule has 7 rings (SSSR count). The molecule has 1 aliphatic carbocycles. The highest BCUT2D eigenvalue weighted by atomic mass is 35.5. The Morgan fingerprint density at radius 2 is 1.93 bits per heavy atom. The van der Waals surface area contributed by atoms with Crippen molar-refractivity contribution in [2.75, 3.05) is 32.1 Å². The zero-order valence-electron chi connectivity index (χ0n) is 29.8. The van der Waals surface area contributed by atoms with Crippen LogP contribution >= 0.6 is 23.2 Å². The van der Waals surface area contributed by atoms with Crippen molar-refractivity contribution < 1.29 is 29.3 Å². The van der Waals surface area contributed by atoms with Gasteiger partial charge < -0.3 is 30.3 Å². The summed E-state index contributed by atoms with van der Waals surface area (Å²) in [4.78, 5) is 35.7. The number of fused-ring (bicyclic) bond motifs is 1. The van der Waals surface area contributed by atoms with E-state index >= 15 is 0 Å². The topological polar surface area (TPSA) is 201 Å². The number of ether oxygens (including phenoxy) is 2. The number of aliphatic hydroxyl groups is 1. The lowest BCUT2D eigenvalue weighted by Crippen LogP contribution is -2.28. The minimum absolute atomic E-state index is 0.0703. The third-order valence-electron chi connectivity index (χ3n) is 9.76. The number of methoxy groups -OCH3 is 1. The highest BCUT2D eigenvalue weighted by Gasteiger charge is 2.30. The van der Waals surface area contributed by atoms with Gasteiger partial charge in [0.2, 0.25) is 11.8 Å². The zero-order valence-corrected chi connectivity index (χ0v) is 31.3. The minimum atomic E-state index is -1.08. The fourth-order valence-electron chi connectivity index (χ4n) is 7.13. The lowest BCUT2D eigenvalue weighted by Gasteiger charge is -2.18. The number of aromatic amines is 1. The lowest BCUT2D eigenvalue weighted by molar-refractivity contribution is -0.139. The SMILES string of the molecule is COc1nc(O[C@H]2CCc3c(-c4cccc(C(=O)Nc5ccc(CN6CC[C@@H](c7nn[nH]n7)C6)cn5)c4Cl)cccc32)c(Cl)cc1CNCC(O)CC(=O)O. The number of benzene rings is 2. The molecule has 4 heterocycles. The molecular weight excluding hydrogens is 749 g/mol. The van der Waals surface area contributed by atoms with E-state index in [2.05, 4.69) is 46.1 Å². The van der Waals surface area contributed by atoms with Crippen LogP contribution in [0.25, 0.3) is 11.1 Å². The molecule has 1 amide bonds. The van der Waals surface area contributed by atoms with Crippen molar-refractivity contribution in [2.45, 2.75) is 56.9 Å². The van der Waals surface area contributed by atoms with Crippen molar-refractivity contribution in [1.82, 2.24) is 40.8 Å². The Balaban J connectivity index is 1.00. The van der Waals surface area contributed by atoms with E-state index in [4.69, 9.17) is 37.8 Å². The smallest absolute Gasteiger partial charge is 0.306 e. The molecule has 3 aromatic heterocycles. The number of H-pyrrole nitrogens is 1. The number of aromatic nitrogens is 6. The van der Waals surface area contributed by atoms with Crippen LogP contribution in [0.2, 0.25) is 10.0 Å². The second kappa shape index (κ2) is 17.1. The first-order chi connectivity index (χ1) is 26.7. The molecule has 0 radical (unpaired) electrons. The Kier molecular flexibility index (Phi) is 11.8. The second-order valence-corrected chi connectivity index (χ2v) is 14.3. The van der Waals surface area contributed by atoms with Crippen molar-refractivity contribution in [3.05, 3.63) is 104 Å². The number of aliphatic hydroxyl groups excluding tert-OH is 1. The van der Waals surface area contributed by atoms with E-state index in [-0.39, 0.29) is 54.2 Å². The summed E-state index contributed by atoms with van der Waals surface area (Å²) in [6, 6.07) is 16.7. The molecule has 15 nitrogen and oxygen atoms in total. The molecule has 1 saturated heterocycles. The van der Waals surface area contributed by atoms with E-state index in [0.717, 1.165) is 59.7 Å². The normalized spacial score (nSPS) is 17.2. The predicted molar refractivity (Wildman–Crippen MR) is 203 cm³/mol. The molecule has 1 unspecified atom stereocenters. The monoisotopic (exact) mass is 787 g/mol. The standard InChI is InChI=1S/C38H39Cl2N9O6/c1-54-37-23(17-41-18-24(50)15-33(51)52)14-30(39)38(44-37)55-31-10-9-26-25(4-2-5-27(26)31)28-6-3-7-29(34(28)40)36(53)43-32-11-8-21(16-42-32)19-49-13-12-22(20-49)35-45-47-48-46-35/h2-8,11,14,16,22,24,31,41,50H,9-10,12-13,15,17-20H2,1H3,(H,51,52)(H,42,43,53)(H,45,46,47,48)/t22-,24?,31+/m1/s1. The number of amides is 1. The summed E-state index contributed by atoms with van der Waals surface area (Å²) in [7, 11) is 1.48. The van der Waals surface area contributed by atoms with Gasteiger partial charge in [0.15, 0.2) is 5.82 Å². The number of carbonyl (C=O) groups excluding carboxylic acids is 1. The van der Waals surface area contributed by atoms with Crippen LogP contribution in [0.5, 0.6) is 11.8 Å². The summed E-state index contributed by atoms with van der Waals surface area (Å²) in [5.74, 6) is 0.456. The summed E-state index contributed by atoms with van der Waals surface area (Å²) in [5, 5.41) is 39.7. The number of carboxylic acid groups (broad SMARTS) is 1. The summed E-state index contributed by atoms with van der Waals surface area (Å²) in [6.45, 7) is 2.80. The average Bonchev–Trinajstić information content (AvgIpc) is 3.96. The van der Waals surface area contributed by atoms with Gasteiger partial charge in [0.1, 0.15) is 16.9 Å². The Bertz CT molecular complexity index is 2160. The number of pyridine rings is 2. The summed E-state index contributed by atoms with van der Waals surface area (Å²) >= 11 is 13.6. The molecule has 2 aliphatic rings. The highest BCUT2D eigenvalue weighted by Crippen LogP contribution is 2.43. The number of likely N-dealkylation sites (tertiary alicyclic amines) is 1. The lowest BCUT2D eigenvalue weighted by atomic mass is 9.95. The fraction of sp³-hybridized carbons (Fsp3) is 0.342. The van der Waals surface area contributed by atoms with E-state index in [1.807, 2.05) is 36.4 Å². The van der Waals surface area contributed by atoms with E-state index in [1.54, 1.807) is 24.4 Å². The van der Waals surface area contributed by atoms with E-state index in [9.17, 15) is 14.7 Å². The first kappa shape index (κ1) is 38.1. The number of nitrogens with zero attached hydrogens (tertiary/aromatic N) is 6. The number of rotatable bonds is 15. The molecule has 286 valence electrons. The molecule has 0 bridgehead atoms. The van der Waals surface area contributed by atoms with Crippen LogP contribution in [0.1, 0.15) is 69.7 Å². The van der Waals surface area contributed by atoms with Gasteiger partial charge in [-0.05, 0) is 66.3 Å². The largest absolute Gasteiger partial charge is 0.481 e. The quantitative estimate of drug-likeness (QED) is 0.0928. The van der Waals surface area contributed by atoms with Crippen molar-refractivity contribution in [1.29, 1.82) is 0 Å². The van der Waals surface area contributed by atoms with Crippen molar-refractivity contribution in [2.24, 2.45) is 0 Å². The van der Waals surface area contributed by atoms with Crippen LogP contribution < -0.4 is 20.1 Å². The van der Waals surface area contributed by atoms with E-state index in [1.165, 1.54) is 7.11 Å². The average molecular weight is 789 g/mol. The molecule has 17 heteroatoms. The number of carboxylic acids is 1. The van der Waals surface area contributed by atoms with Crippen LogP contribution in [0, 0.1) is 0 Å². The molecule has 0 spiro atoms. The maximum absolute atomic E-state index is 13.5. The molecule has 3 atom stereocenters. The highest BCUT2D eigenvalue weighted by molar-refractivity contribution is 6.37. The Morgan fingerprint density at radius 1 is 1.09 bits per heavy atom. The van der Waals surface area contributed by atoms with Gasteiger partial charge in [-0.25, -0.2) is 4.98 Å². The molecule has 1 fully saturated rings. The van der Waals surface area contributed by atoms with Crippen LogP contribution in [0.3, 0.4) is 0 Å². The van der Waals surface area contributed by atoms with Crippen LogP contribution in [-0.2, 0) is 24.3 Å². The zero-order chi connectivity index (χ0) is 38.5. The molecule has 5 N–H and O–H groups in total. The molecule has 2 aromatic carbocycles. The first-order valence-electron chi connectivity index (χ1n) is 17.8. The minimum Gasteiger partial charge on any atom is -0.481 e. The number of halogens is 2. The van der Waals surface area contributed by atoms with Crippen LogP contribution in [-0.4, -0.2) is 90.4 Å². The van der Waals surface area contributed by atoms with Crippen molar-refractivity contribution >= 4 is 40.9 Å². The number of hydrogen-bond acceptors (Lipinski definition) is 12. The second-order valence-electron chi connectivity index (χ2n) is 13.5. The number of hydrogen-bond donors (Lipinski definition) is 5. The number of tetrazole rings is 1. The summed E-state index contributed by atoms with van der Waals surface area (Å²) < 4.78 is 11.9. The predicted octanol–water partition coefficient (Wildman–Crippen LogP) is 5.21. The number of aliphatic carboxylic acids is 1. The van der Waals surface area contributed by atoms with Crippen LogP contribution in [0.4, 0.5) is 5.82 Å². The van der Waals surface area contributed by atoms with E-state index < -0.39 is 12.1 Å². The first-order valence-corrected chi connectivity index (χ1v) is 18.6. The van der Waals surface area contributed by atoms with Gasteiger partial charge in [0.25, 0.3) is 5.91 Å². The Labute approximate surface area is 326 Å². The number of carbonyl (C=O) groups is 2. The fourth-order valence-corrected chi connectivity index (χ4v) is 7.66. The van der Waals surface area contributed by atoms with Crippen molar-refractivity contribution in [3.8, 4) is 22.9 Å². The Hall–Kier alpha value is -5.19. The van der Waals surface area contributed by atoms with Crippen molar-refractivity contribution in [3.63, 3.8) is 0 Å². The molecule has 5 aromatic rings. The van der Waals surface area contributed by atoms with E-state index in [0.29, 0.717) is 34.8 Å². The van der Waals surface area contributed by atoms with Gasteiger partial charge in [0, 0.05) is 49.4 Å². The molecule has 1 aliphatic heterocycles. The summed E-state index contributed by atoms with van der Waals surface area (Å²) in [6.07, 6.45) is 2.33. The molecule has 55 heavy (non-hydrogen) atoms. The molecule has 0 saturated carbocycles. The third-order valence-corrected chi connectivity index (χ3v) is 10.4. The van der Waals surface area contributed by atoms with Gasteiger partial charge in [-0.15, -0.1) is 10.2 Å². The maximum atomic E-state index is 13.5. The van der Waals surface area contributed by atoms with Gasteiger partial charge in [-0.3, -0.25) is 14.5 Å². The summed E-state index contributed by atoms with van der Waals surface area (Å²) in [5.41, 5.74) is 5.61. The van der Waals surface area contributed by atoms with Gasteiger partial charge in [-0.2, -0.15) is 10.2 Å². The van der Waals surface area contributed by atoms with Gasteiger partial charge >= 0.3 is 5.97 Å². The third kappa shape index (κ3) is 8.87. The number of nitrogens with one attached hydrogen (secondary N) is 3. The number of anilines is 1. The van der Waals surface area contributed by atoms with Gasteiger partial charge in [-0.1, -0.05) is 64.8 Å². The van der Waals surface area contributed by atoms with Gasteiger partial charge in [0.05, 0.1) is 30.2 Å².